The van der Waals surface area contributed by atoms with Gasteiger partial charge < -0.3 is 15.1 Å². The Morgan fingerprint density at radius 1 is 1.12 bits per heavy atom. The fourth-order valence-electron chi connectivity index (χ4n) is 1.80. The highest BCUT2D eigenvalue weighted by atomic mass is 16.2. The number of hydrazine groups is 1. The van der Waals surface area contributed by atoms with Crippen molar-refractivity contribution >= 4 is 6.03 Å². The Labute approximate surface area is 104 Å². The van der Waals surface area contributed by atoms with Crippen LogP contribution in [0.15, 0.2) is 0 Å². The number of piperazine rings is 1. The van der Waals surface area contributed by atoms with Crippen molar-refractivity contribution in [3.05, 3.63) is 0 Å². The smallest absolute Gasteiger partial charge is 0.317 e. The van der Waals surface area contributed by atoms with Crippen LogP contribution in [0.3, 0.4) is 0 Å². The van der Waals surface area contributed by atoms with E-state index in [0.29, 0.717) is 6.54 Å². The second kappa shape index (κ2) is 6.78. The quantitative estimate of drug-likeness (QED) is 0.713. The molecule has 0 radical (unpaired) electrons. The molecule has 6 nitrogen and oxygen atoms in total. The summed E-state index contributed by atoms with van der Waals surface area (Å²) in [5, 5.41) is 7.27. The van der Waals surface area contributed by atoms with Crippen molar-refractivity contribution in [1.29, 1.82) is 0 Å². The summed E-state index contributed by atoms with van der Waals surface area (Å²) in [5.74, 6) is 0. The van der Waals surface area contributed by atoms with Gasteiger partial charge in [0, 0.05) is 53.4 Å². The van der Waals surface area contributed by atoms with Gasteiger partial charge in [-0.05, 0) is 14.1 Å². The summed E-state index contributed by atoms with van der Waals surface area (Å²) >= 11 is 0. The van der Waals surface area contributed by atoms with E-state index in [2.05, 4.69) is 20.2 Å². The lowest BCUT2D eigenvalue weighted by molar-refractivity contribution is -0.00960. The van der Waals surface area contributed by atoms with Crippen LogP contribution in [0.2, 0.25) is 0 Å². The van der Waals surface area contributed by atoms with Crippen molar-refractivity contribution in [2.24, 2.45) is 0 Å². The highest BCUT2D eigenvalue weighted by Crippen LogP contribution is 2.02. The topological polar surface area (TPSA) is 42.1 Å². The average Bonchev–Trinajstić information content (AvgIpc) is 2.28. The summed E-state index contributed by atoms with van der Waals surface area (Å²) in [5.41, 5.74) is 0. The number of hydrogen-bond donors (Lipinski definition) is 1. The lowest BCUT2D eigenvalue weighted by atomic mass is 10.3. The third-order valence-electron chi connectivity index (χ3n) is 2.94. The summed E-state index contributed by atoms with van der Waals surface area (Å²) in [6.45, 7) is 5.00. The first-order valence-corrected chi connectivity index (χ1v) is 6.10. The van der Waals surface area contributed by atoms with E-state index in [0.717, 1.165) is 32.7 Å². The van der Waals surface area contributed by atoms with E-state index < -0.39 is 0 Å². The molecule has 1 fully saturated rings. The number of rotatable bonds is 4. The van der Waals surface area contributed by atoms with Gasteiger partial charge in [0.05, 0.1) is 0 Å². The van der Waals surface area contributed by atoms with Gasteiger partial charge in [0.25, 0.3) is 0 Å². The van der Waals surface area contributed by atoms with Gasteiger partial charge in [-0.25, -0.2) is 14.8 Å². The maximum atomic E-state index is 11.8. The first-order valence-electron chi connectivity index (χ1n) is 6.10. The predicted molar refractivity (Wildman–Crippen MR) is 68.8 cm³/mol. The molecule has 1 aliphatic heterocycles. The molecule has 0 bridgehead atoms. The minimum atomic E-state index is 0.0604. The maximum absolute atomic E-state index is 11.8. The van der Waals surface area contributed by atoms with E-state index in [1.807, 2.05) is 33.1 Å². The van der Waals surface area contributed by atoms with Gasteiger partial charge in [0.15, 0.2) is 0 Å². The summed E-state index contributed by atoms with van der Waals surface area (Å²) in [6, 6.07) is 0.0604. The zero-order valence-electron chi connectivity index (χ0n) is 11.4. The molecule has 17 heavy (non-hydrogen) atoms. The zero-order chi connectivity index (χ0) is 12.8. The second-order valence-corrected chi connectivity index (χ2v) is 4.82. The van der Waals surface area contributed by atoms with Gasteiger partial charge in [0.2, 0.25) is 0 Å². The van der Waals surface area contributed by atoms with Crippen molar-refractivity contribution in [2.75, 3.05) is 67.5 Å². The Bertz CT molecular complexity index is 236. The predicted octanol–water partition coefficient (Wildman–Crippen LogP) is -0.648. The molecule has 0 unspecified atom stereocenters. The second-order valence-electron chi connectivity index (χ2n) is 4.82. The maximum Gasteiger partial charge on any atom is 0.317 e. The Kier molecular flexibility index (Phi) is 5.67. The molecule has 0 spiro atoms. The number of likely N-dealkylation sites (N-methyl/N-ethyl adjacent to an activating group) is 1. The van der Waals surface area contributed by atoms with Gasteiger partial charge in [-0.3, -0.25) is 0 Å². The number of nitrogens with one attached hydrogen (secondary N) is 1. The molecule has 0 aromatic heterocycles. The van der Waals surface area contributed by atoms with Crippen LogP contribution in [0, 0.1) is 0 Å². The summed E-state index contributed by atoms with van der Waals surface area (Å²) in [7, 11) is 8.07. The molecule has 1 heterocycles. The Hall–Kier alpha value is -0.850. The SMILES string of the molecule is CN(C)CCNC(=O)N1CCN(N(C)C)CC1. The minimum Gasteiger partial charge on any atom is -0.337 e. The number of hydrogen-bond acceptors (Lipinski definition) is 4. The van der Waals surface area contributed by atoms with E-state index in [1.54, 1.807) is 0 Å². The van der Waals surface area contributed by atoms with Crippen LogP contribution in [0.1, 0.15) is 0 Å². The number of amides is 2. The number of urea groups is 1. The molecule has 2 amide bonds. The summed E-state index contributed by atoms with van der Waals surface area (Å²) < 4.78 is 0. The van der Waals surface area contributed by atoms with Crippen LogP contribution in [0.4, 0.5) is 4.79 Å². The van der Waals surface area contributed by atoms with Crippen LogP contribution in [0.5, 0.6) is 0 Å². The largest absolute Gasteiger partial charge is 0.337 e. The average molecular weight is 243 g/mol. The van der Waals surface area contributed by atoms with Gasteiger partial charge in [-0.2, -0.15) is 0 Å². The van der Waals surface area contributed by atoms with E-state index >= 15 is 0 Å². The fraction of sp³-hybridized carbons (Fsp3) is 0.909. The van der Waals surface area contributed by atoms with Crippen molar-refractivity contribution in [2.45, 2.75) is 0 Å². The van der Waals surface area contributed by atoms with Crippen LogP contribution >= 0.6 is 0 Å². The van der Waals surface area contributed by atoms with Crippen LogP contribution in [-0.4, -0.2) is 93.3 Å². The van der Waals surface area contributed by atoms with Crippen LogP contribution < -0.4 is 5.32 Å². The zero-order valence-corrected chi connectivity index (χ0v) is 11.4. The molecule has 0 saturated carbocycles. The van der Waals surface area contributed by atoms with Gasteiger partial charge in [-0.1, -0.05) is 0 Å². The highest BCUT2D eigenvalue weighted by Gasteiger charge is 2.21. The standard InChI is InChI=1S/C11H25N5O/c1-13(2)6-5-12-11(17)15-7-9-16(10-8-15)14(3)4/h5-10H2,1-4H3,(H,12,17). The molecular formula is C11H25N5O. The number of nitrogens with zero attached hydrogens (tertiary/aromatic N) is 4. The van der Waals surface area contributed by atoms with Crippen LogP contribution in [-0.2, 0) is 0 Å². The minimum absolute atomic E-state index is 0.0604. The third-order valence-corrected chi connectivity index (χ3v) is 2.94. The van der Waals surface area contributed by atoms with Gasteiger partial charge in [0.1, 0.15) is 0 Å². The fourth-order valence-corrected chi connectivity index (χ4v) is 1.80. The summed E-state index contributed by atoms with van der Waals surface area (Å²) in [4.78, 5) is 15.8. The first kappa shape index (κ1) is 14.2. The first-order chi connectivity index (χ1) is 8.00. The van der Waals surface area contributed by atoms with E-state index in [9.17, 15) is 4.79 Å². The third kappa shape index (κ3) is 4.89. The number of carbonyl (C=O) groups excluding carboxylic acids is 1. The van der Waals surface area contributed by atoms with E-state index in [1.165, 1.54) is 0 Å². The lowest BCUT2D eigenvalue weighted by Crippen LogP contribution is -2.55. The molecule has 6 heteroatoms. The van der Waals surface area contributed by atoms with Crippen LogP contribution in [0.25, 0.3) is 0 Å². The number of carbonyl (C=O) groups is 1. The molecule has 1 N–H and O–H groups in total. The molecule has 1 saturated heterocycles. The van der Waals surface area contributed by atoms with Gasteiger partial charge >= 0.3 is 6.03 Å². The molecule has 1 rings (SSSR count). The van der Waals surface area contributed by atoms with Crippen molar-refractivity contribution in [3.63, 3.8) is 0 Å². The van der Waals surface area contributed by atoms with Crippen molar-refractivity contribution in [1.82, 2.24) is 25.1 Å². The summed E-state index contributed by atoms with van der Waals surface area (Å²) in [6.07, 6.45) is 0. The van der Waals surface area contributed by atoms with Gasteiger partial charge in [-0.15, -0.1) is 0 Å². The van der Waals surface area contributed by atoms with E-state index in [4.69, 9.17) is 0 Å². The Morgan fingerprint density at radius 2 is 1.71 bits per heavy atom. The normalized spacial score (nSPS) is 17.9. The molecule has 0 atom stereocenters. The molecule has 0 aromatic carbocycles. The lowest BCUT2D eigenvalue weighted by Gasteiger charge is -2.37. The monoisotopic (exact) mass is 243 g/mol. The molecular weight excluding hydrogens is 218 g/mol. The van der Waals surface area contributed by atoms with E-state index in [-0.39, 0.29) is 6.03 Å². The molecule has 1 aliphatic rings. The molecule has 0 aromatic rings. The molecule has 100 valence electrons. The Balaban J connectivity index is 2.21. The van der Waals surface area contributed by atoms with Crippen molar-refractivity contribution in [3.8, 4) is 0 Å². The highest BCUT2D eigenvalue weighted by molar-refractivity contribution is 5.74. The Morgan fingerprint density at radius 3 is 2.18 bits per heavy atom. The van der Waals surface area contributed by atoms with Crippen molar-refractivity contribution < 1.29 is 4.79 Å². The molecule has 0 aliphatic carbocycles.